The van der Waals surface area contributed by atoms with Crippen LogP contribution < -0.4 is 5.73 Å². The third-order valence-corrected chi connectivity index (χ3v) is 3.02. The van der Waals surface area contributed by atoms with Crippen LogP contribution in [0, 0.1) is 0 Å². The van der Waals surface area contributed by atoms with Crippen LogP contribution in [0.2, 0.25) is 5.02 Å². The normalized spacial score (nSPS) is 10.8. The van der Waals surface area contributed by atoms with E-state index in [1.165, 1.54) is 0 Å². The van der Waals surface area contributed by atoms with E-state index < -0.39 is 0 Å². The number of pyridine rings is 1. The molecular formula is C14H16ClN3. The maximum Gasteiger partial charge on any atom is 0.0635 e. The van der Waals surface area contributed by atoms with Gasteiger partial charge in [0.25, 0.3) is 0 Å². The van der Waals surface area contributed by atoms with Crippen molar-refractivity contribution >= 4 is 17.3 Å². The largest absolute Gasteiger partial charge is 0.398 e. The van der Waals surface area contributed by atoms with E-state index in [-0.39, 0.29) is 0 Å². The number of nitrogen functional groups attached to an aromatic ring is 1. The first-order chi connectivity index (χ1) is 8.65. The lowest BCUT2D eigenvalue weighted by molar-refractivity contribution is 0.315. The van der Waals surface area contributed by atoms with Gasteiger partial charge in [0.15, 0.2) is 0 Å². The van der Waals surface area contributed by atoms with E-state index in [1.54, 1.807) is 0 Å². The Hall–Kier alpha value is -1.58. The second kappa shape index (κ2) is 5.85. The van der Waals surface area contributed by atoms with E-state index in [0.29, 0.717) is 10.7 Å². The number of halogens is 1. The SMILES string of the molecule is CN(Cc1ccc(Cl)c(N)c1)Cc1ccccn1. The summed E-state index contributed by atoms with van der Waals surface area (Å²) in [6.07, 6.45) is 1.81. The van der Waals surface area contributed by atoms with E-state index in [1.807, 2.05) is 42.6 Å². The van der Waals surface area contributed by atoms with Crippen molar-refractivity contribution in [1.29, 1.82) is 0 Å². The first-order valence-electron chi connectivity index (χ1n) is 5.77. The lowest BCUT2D eigenvalue weighted by atomic mass is 10.2. The summed E-state index contributed by atoms with van der Waals surface area (Å²) in [5, 5.41) is 0.603. The van der Waals surface area contributed by atoms with Gasteiger partial charge in [0.05, 0.1) is 16.4 Å². The van der Waals surface area contributed by atoms with Crippen molar-refractivity contribution in [3.05, 3.63) is 58.9 Å². The van der Waals surface area contributed by atoms with Crippen LogP contribution in [0.4, 0.5) is 5.69 Å². The fourth-order valence-electron chi connectivity index (χ4n) is 1.83. The lowest BCUT2D eigenvalue weighted by Crippen LogP contribution is -2.17. The molecule has 2 rings (SSSR count). The number of hydrogen-bond donors (Lipinski definition) is 1. The number of aromatic nitrogens is 1. The molecular weight excluding hydrogens is 246 g/mol. The van der Waals surface area contributed by atoms with Crippen molar-refractivity contribution in [2.45, 2.75) is 13.1 Å². The maximum absolute atomic E-state index is 5.90. The van der Waals surface area contributed by atoms with Gasteiger partial charge in [-0.15, -0.1) is 0 Å². The first kappa shape index (κ1) is 12.9. The minimum Gasteiger partial charge on any atom is -0.398 e. The van der Waals surface area contributed by atoms with Crippen LogP contribution in [0.25, 0.3) is 0 Å². The number of hydrogen-bond acceptors (Lipinski definition) is 3. The fourth-order valence-corrected chi connectivity index (χ4v) is 1.94. The molecule has 0 saturated carbocycles. The Bertz CT molecular complexity index is 514. The molecule has 0 saturated heterocycles. The minimum atomic E-state index is 0.603. The molecule has 1 aromatic carbocycles. The average molecular weight is 262 g/mol. The molecule has 18 heavy (non-hydrogen) atoms. The molecule has 1 aromatic heterocycles. The highest BCUT2D eigenvalue weighted by Crippen LogP contribution is 2.20. The summed E-state index contributed by atoms with van der Waals surface area (Å²) in [6, 6.07) is 11.7. The highest BCUT2D eigenvalue weighted by atomic mass is 35.5. The van der Waals surface area contributed by atoms with Crippen molar-refractivity contribution in [2.24, 2.45) is 0 Å². The average Bonchev–Trinajstić information content (AvgIpc) is 2.35. The van der Waals surface area contributed by atoms with Crippen LogP contribution in [0.1, 0.15) is 11.3 Å². The molecule has 0 radical (unpaired) electrons. The summed E-state index contributed by atoms with van der Waals surface area (Å²) in [5.74, 6) is 0. The minimum absolute atomic E-state index is 0.603. The molecule has 3 nitrogen and oxygen atoms in total. The van der Waals surface area contributed by atoms with Gasteiger partial charge in [-0.05, 0) is 36.9 Å². The van der Waals surface area contributed by atoms with Crippen LogP contribution in [0.3, 0.4) is 0 Å². The number of benzene rings is 1. The van der Waals surface area contributed by atoms with Gasteiger partial charge in [0, 0.05) is 19.3 Å². The van der Waals surface area contributed by atoms with Crippen LogP contribution >= 0.6 is 11.6 Å². The summed E-state index contributed by atoms with van der Waals surface area (Å²) < 4.78 is 0. The molecule has 0 aliphatic heterocycles. The standard InChI is InChI=1S/C14H16ClN3/c1-18(10-12-4-2-3-7-17-12)9-11-5-6-13(15)14(16)8-11/h2-8H,9-10,16H2,1H3. The fraction of sp³-hybridized carbons (Fsp3) is 0.214. The molecule has 0 aliphatic carbocycles. The van der Waals surface area contributed by atoms with Crippen LogP contribution in [0.15, 0.2) is 42.6 Å². The van der Waals surface area contributed by atoms with Crippen LogP contribution in [0.5, 0.6) is 0 Å². The highest BCUT2D eigenvalue weighted by molar-refractivity contribution is 6.33. The van der Waals surface area contributed by atoms with Crippen molar-refractivity contribution in [1.82, 2.24) is 9.88 Å². The third kappa shape index (κ3) is 3.45. The molecule has 0 aliphatic rings. The summed E-state index contributed by atoms with van der Waals surface area (Å²) in [5.41, 5.74) is 8.62. The first-order valence-corrected chi connectivity index (χ1v) is 6.15. The molecule has 0 amide bonds. The molecule has 2 aromatic rings. The summed E-state index contributed by atoms with van der Waals surface area (Å²) >= 11 is 5.90. The predicted molar refractivity (Wildman–Crippen MR) is 75.3 cm³/mol. The predicted octanol–water partition coefficient (Wildman–Crippen LogP) is 2.95. The van der Waals surface area contributed by atoms with E-state index in [9.17, 15) is 0 Å². The van der Waals surface area contributed by atoms with E-state index >= 15 is 0 Å². The van der Waals surface area contributed by atoms with Gasteiger partial charge >= 0.3 is 0 Å². The van der Waals surface area contributed by atoms with Gasteiger partial charge in [-0.25, -0.2) is 0 Å². The Morgan fingerprint density at radius 3 is 2.72 bits per heavy atom. The molecule has 0 fully saturated rings. The summed E-state index contributed by atoms with van der Waals surface area (Å²) in [7, 11) is 2.06. The Morgan fingerprint density at radius 2 is 2.06 bits per heavy atom. The quantitative estimate of drug-likeness (QED) is 0.861. The monoisotopic (exact) mass is 261 g/mol. The van der Waals surface area contributed by atoms with Crippen molar-refractivity contribution in [3.63, 3.8) is 0 Å². The number of nitrogens with zero attached hydrogens (tertiary/aromatic N) is 2. The Balaban J connectivity index is 1.99. The zero-order chi connectivity index (χ0) is 13.0. The molecule has 0 spiro atoms. The van der Waals surface area contributed by atoms with Crippen molar-refractivity contribution < 1.29 is 0 Å². The molecule has 0 unspecified atom stereocenters. The zero-order valence-corrected chi connectivity index (χ0v) is 11.1. The van der Waals surface area contributed by atoms with Crippen LogP contribution in [-0.4, -0.2) is 16.9 Å². The van der Waals surface area contributed by atoms with Crippen molar-refractivity contribution in [3.8, 4) is 0 Å². The summed E-state index contributed by atoms with van der Waals surface area (Å²) in [4.78, 5) is 6.49. The topological polar surface area (TPSA) is 42.1 Å². The van der Waals surface area contributed by atoms with E-state index in [4.69, 9.17) is 17.3 Å². The Kier molecular flexibility index (Phi) is 4.18. The van der Waals surface area contributed by atoms with Gasteiger partial charge in [-0.2, -0.15) is 0 Å². The Morgan fingerprint density at radius 1 is 1.22 bits per heavy atom. The van der Waals surface area contributed by atoms with Crippen LogP contribution in [-0.2, 0) is 13.1 Å². The third-order valence-electron chi connectivity index (χ3n) is 2.67. The maximum atomic E-state index is 5.90. The molecule has 4 heteroatoms. The number of nitrogens with two attached hydrogens (primary N) is 1. The lowest BCUT2D eigenvalue weighted by Gasteiger charge is -2.16. The molecule has 0 bridgehead atoms. The smallest absolute Gasteiger partial charge is 0.0635 e. The number of anilines is 1. The van der Waals surface area contributed by atoms with Gasteiger partial charge in [0.1, 0.15) is 0 Å². The molecule has 1 heterocycles. The second-order valence-electron chi connectivity index (χ2n) is 4.35. The molecule has 0 atom stereocenters. The van der Waals surface area contributed by atoms with Crippen molar-refractivity contribution in [2.75, 3.05) is 12.8 Å². The highest BCUT2D eigenvalue weighted by Gasteiger charge is 2.04. The van der Waals surface area contributed by atoms with Gasteiger partial charge in [0.2, 0.25) is 0 Å². The van der Waals surface area contributed by atoms with E-state index in [0.717, 1.165) is 24.3 Å². The molecule has 94 valence electrons. The van der Waals surface area contributed by atoms with Gasteiger partial charge < -0.3 is 5.73 Å². The Labute approximate surface area is 112 Å². The van der Waals surface area contributed by atoms with Gasteiger partial charge in [-0.3, -0.25) is 9.88 Å². The second-order valence-corrected chi connectivity index (χ2v) is 4.76. The molecule has 2 N–H and O–H groups in total. The van der Waals surface area contributed by atoms with E-state index in [2.05, 4.69) is 16.9 Å². The summed E-state index contributed by atoms with van der Waals surface area (Å²) in [6.45, 7) is 1.63. The van der Waals surface area contributed by atoms with Gasteiger partial charge in [-0.1, -0.05) is 23.7 Å². The number of rotatable bonds is 4. The zero-order valence-electron chi connectivity index (χ0n) is 10.3.